The van der Waals surface area contributed by atoms with E-state index in [1.807, 2.05) is 24.3 Å². The smallest absolute Gasteiger partial charge is 0.150 e. The summed E-state index contributed by atoms with van der Waals surface area (Å²) in [6.45, 7) is 0. The van der Waals surface area contributed by atoms with Crippen LogP contribution in [0.1, 0.15) is 24.2 Å². The summed E-state index contributed by atoms with van der Waals surface area (Å²) in [6, 6.07) is 7.61. The molecule has 1 saturated carbocycles. The lowest BCUT2D eigenvalue weighted by Gasteiger charge is -2.14. The zero-order valence-corrected chi connectivity index (χ0v) is 10.8. The van der Waals surface area contributed by atoms with Crippen molar-refractivity contribution in [2.45, 2.75) is 24.7 Å². The number of hydrogen-bond acceptors (Lipinski definition) is 4. The molecule has 0 amide bonds. The van der Waals surface area contributed by atoms with Crippen LogP contribution in [0.4, 0.5) is 5.69 Å². The van der Waals surface area contributed by atoms with E-state index in [9.17, 15) is 4.79 Å². The molecule has 1 aliphatic rings. The lowest BCUT2D eigenvalue weighted by molar-refractivity contribution is -0.121. The molecular weight excluding hydrogens is 240 g/mol. The number of hydrogen-bond donors (Lipinski definition) is 1. The summed E-state index contributed by atoms with van der Waals surface area (Å²) in [7, 11) is 1.80. The fraction of sp³-hybridized carbons (Fsp3) is 0.357. The maximum atomic E-state index is 12.5. The molecule has 1 aromatic carbocycles. The minimum atomic E-state index is -0.320. The second kappa shape index (κ2) is 4.19. The van der Waals surface area contributed by atoms with E-state index in [2.05, 4.69) is 10.1 Å². The first-order valence-electron chi connectivity index (χ1n) is 6.34. The quantitative estimate of drug-likeness (QED) is 0.835. The van der Waals surface area contributed by atoms with Crippen molar-refractivity contribution in [1.29, 1.82) is 0 Å². The highest BCUT2D eigenvalue weighted by molar-refractivity contribution is 5.94. The van der Waals surface area contributed by atoms with Crippen LogP contribution in [-0.2, 0) is 23.7 Å². The van der Waals surface area contributed by atoms with Crippen molar-refractivity contribution in [3.63, 3.8) is 0 Å². The number of carbonyl (C=O) groups excluding carboxylic acids is 1. The zero-order valence-electron chi connectivity index (χ0n) is 10.8. The SMILES string of the molecule is Cn1ncnc1CC(=O)C1(c2ccc(N)cc2)CC1. The van der Waals surface area contributed by atoms with Gasteiger partial charge in [0.1, 0.15) is 12.2 Å². The number of aryl methyl sites for hydroxylation is 1. The molecule has 0 spiro atoms. The Morgan fingerprint density at radius 2 is 2.05 bits per heavy atom. The van der Waals surface area contributed by atoms with Crippen molar-refractivity contribution < 1.29 is 4.79 Å². The van der Waals surface area contributed by atoms with Gasteiger partial charge in [0.25, 0.3) is 0 Å². The molecule has 0 bridgehead atoms. The highest BCUT2D eigenvalue weighted by Crippen LogP contribution is 2.49. The van der Waals surface area contributed by atoms with Crippen LogP contribution in [0, 0.1) is 0 Å². The van der Waals surface area contributed by atoms with E-state index in [1.165, 1.54) is 6.33 Å². The first-order valence-corrected chi connectivity index (χ1v) is 6.34. The van der Waals surface area contributed by atoms with Gasteiger partial charge in [0.15, 0.2) is 5.78 Å². The summed E-state index contributed by atoms with van der Waals surface area (Å²) in [4.78, 5) is 16.6. The summed E-state index contributed by atoms with van der Waals surface area (Å²) < 4.78 is 1.65. The van der Waals surface area contributed by atoms with E-state index < -0.39 is 0 Å². The van der Waals surface area contributed by atoms with Gasteiger partial charge in [-0.3, -0.25) is 9.48 Å². The Hall–Kier alpha value is -2.17. The molecule has 0 unspecified atom stereocenters. The summed E-state index contributed by atoms with van der Waals surface area (Å²) >= 11 is 0. The lowest BCUT2D eigenvalue weighted by atomic mass is 9.89. The molecule has 2 N–H and O–H groups in total. The van der Waals surface area contributed by atoms with E-state index in [1.54, 1.807) is 11.7 Å². The van der Waals surface area contributed by atoms with Crippen LogP contribution in [0.25, 0.3) is 0 Å². The fourth-order valence-corrected chi connectivity index (χ4v) is 2.45. The van der Waals surface area contributed by atoms with E-state index in [4.69, 9.17) is 5.73 Å². The molecule has 0 radical (unpaired) electrons. The van der Waals surface area contributed by atoms with Gasteiger partial charge in [-0.05, 0) is 30.5 Å². The molecule has 5 heteroatoms. The predicted molar refractivity (Wildman–Crippen MR) is 71.5 cm³/mol. The summed E-state index contributed by atoms with van der Waals surface area (Å²) in [5.74, 6) is 0.931. The van der Waals surface area contributed by atoms with Gasteiger partial charge in [0.2, 0.25) is 0 Å². The number of rotatable bonds is 4. The highest BCUT2D eigenvalue weighted by Gasteiger charge is 2.50. The number of anilines is 1. The summed E-state index contributed by atoms with van der Waals surface area (Å²) in [5.41, 5.74) is 7.16. The van der Waals surface area contributed by atoms with Crippen molar-refractivity contribution in [3.8, 4) is 0 Å². The van der Waals surface area contributed by atoms with Crippen LogP contribution in [0.15, 0.2) is 30.6 Å². The highest BCUT2D eigenvalue weighted by atomic mass is 16.1. The number of Topliss-reactive ketones (excluding diaryl/α,β-unsaturated/α-hetero) is 1. The number of benzene rings is 1. The number of carbonyl (C=O) groups is 1. The Kier molecular flexibility index (Phi) is 2.62. The van der Waals surface area contributed by atoms with Crippen molar-refractivity contribution in [2.24, 2.45) is 7.05 Å². The summed E-state index contributed by atoms with van der Waals surface area (Å²) in [6.07, 6.45) is 3.63. The van der Waals surface area contributed by atoms with E-state index >= 15 is 0 Å². The predicted octanol–water partition coefficient (Wildman–Crippen LogP) is 1.24. The van der Waals surface area contributed by atoms with Crippen LogP contribution in [-0.4, -0.2) is 20.5 Å². The molecule has 3 rings (SSSR count). The van der Waals surface area contributed by atoms with Gasteiger partial charge < -0.3 is 5.73 Å². The van der Waals surface area contributed by atoms with Gasteiger partial charge in [0, 0.05) is 12.7 Å². The molecule has 1 aliphatic carbocycles. The molecule has 0 atom stereocenters. The van der Waals surface area contributed by atoms with Crippen molar-refractivity contribution in [1.82, 2.24) is 14.8 Å². The molecule has 0 aliphatic heterocycles. The summed E-state index contributed by atoms with van der Waals surface area (Å²) in [5, 5.41) is 3.99. The number of nitrogen functional groups attached to an aromatic ring is 1. The minimum absolute atomic E-state index is 0.216. The maximum Gasteiger partial charge on any atom is 0.150 e. The molecule has 0 saturated heterocycles. The second-order valence-corrected chi connectivity index (χ2v) is 5.10. The number of aromatic nitrogens is 3. The number of nitrogens with zero attached hydrogens (tertiary/aromatic N) is 3. The van der Waals surface area contributed by atoms with Crippen molar-refractivity contribution in [2.75, 3.05) is 5.73 Å². The average Bonchev–Trinajstić information content (AvgIpc) is 3.11. The van der Waals surface area contributed by atoms with Crippen LogP contribution < -0.4 is 5.73 Å². The molecule has 98 valence electrons. The molecule has 19 heavy (non-hydrogen) atoms. The van der Waals surface area contributed by atoms with E-state index in [-0.39, 0.29) is 11.2 Å². The number of ketones is 1. The third-order valence-corrected chi connectivity index (χ3v) is 3.87. The van der Waals surface area contributed by atoms with Crippen LogP contribution in [0.5, 0.6) is 0 Å². The molecular formula is C14H16N4O. The van der Waals surface area contributed by atoms with Gasteiger partial charge in [-0.1, -0.05) is 12.1 Å². The van der Waals surface area contributed by atoms with E-state index in [0.29, 0.717) is 12.2 Å². The molecule has 1 fully saturated rings. The van der Waals surface area contributed by atoms with Crippen molar-refractivity contribution in [3.05, 3.63) is 42.0 Å². The van der Waals surface area contributed by atoms with Gasteiger partial charge in [0.05, 0.1) is 11.8 Å². The molecule has 1 aromatic heterocycles. The number of nitrogens with two attached hydrogens (primary N) is 1. The average molecular weight is 256 g/mol. The van der Waals surface area contributed by atoms with Gasteiger partial charge in [-0.2, -0.15) is 5.10 Å². The maximum absolute atomic E-state index is 12.5. The van der Waals surface area contributed by atoms with E-state index in [0.717, 1.165) is 24.1 Å². The Labute approximate surface area is 111 Å². The standard InChI is InChI=1S/C14H16N4O/c1-18-13(16-9-17-18)8-12(19)14(6-7-14)10-2-4-11(15)5-3-10/h2-5,9H,6-8,15H2,1H3. The largest absolute Gasteiger partial charge is 0.399 e. The Bertz CT molecular complexity index is 611. The van der Waals surface area contributed by atoms with Crippen LogP contribution in [0.3, 0.4) is 0 Å². The van der Waals surface area contributed by atoms with Crippen LogP contribution in [0.2, 0.25) is 0 Å². The first kappa shape index (κ1) is 11.9. The zero-order chi connectivity index (χ0) is 13.5. The third kappa shape index (κ3) is 2.01. The minimum Gasteiger partial charge on any atom is -0.399 e. The first-order chi connectivity index (χ1) is 9.12. The monoisotopic (exact) mass is 256 g/mol. The third-order valence-electron chi connectivity index (χ3n) is 3.87. The molecule has 5 nitrogen and oxygen atoms in total. The topological polar surface area (TPSA) is 73.8 Å². The normalized spacial score (nSPS) is 16.3. The van der Waals surface area contributed by atoms with Crippen LogP contribution >= 0.6 is 0 Å². The Morgan fingerprint density at radius 3 is 2.58 bits per heavy atom. The Balaban J connectivity index is 1.83. The second-order valence-electron chi connectivity index (χ2n) is 5.10. The van der Waals surface area contributed by atoms with Gasteiger partial charge in [-0.15, -0.1) is 0 Å². The Morgan fingerprint density at radius 1 is 1.37 bits per heavy atom. The molecule has 2 aromatic rings. The lowest BCUT2D eigenvalue weighted by Crippen LogP contribution is -2.24. The van der Waals surface area contributed by atoms with Gasteiger partial charge >= 0.3 is 0 Å². The van der Waals surface area contributed by atoms with Gasteiger partial charge in [-0.25, -0.2) is 4.98 Å². The van der Waals surface area contributed by atoms with Crippen molar-refractivity contribution >= 4 is 11.5 Å². The molecule has 1 heterocycles. The fourth-order valence-electron chi connectivity index (χ4n) is 2.45.